The molecule has 0 saturated carbocycles. The maximum Gasteiger partial charge on any atom is 0.250 e. The van der Waals surface area contributed by atoms with Crippen molar-refractivity contribution in [1.29, 1.82) is 0 Å². The molecule has 0 aliphatic heterocycles. The molecule has 0 aliphatic rings. The Bertz CT molecular complexity index is 1100. The average molecular weight is 385 g/mol. The maximum atomic E-state index is 12.6. The number of nitrogens with zero attached hydrogens (tertiary/aromatic N) is 3. The van der Waals surface area contributed by atoms with Crippen LogP contribution in [0.2, 0.25) is 0 Å². The van der Waals surface area contributed by atoms with Crippen molar-refractivity contribution in [2.24, 2.45) is 0 Å². The summed E-state index contributed by atoms with van der Waals surface area (Å²) in [6, 6.07) is 12.8. The van der Waals surface area contributed by atoms with E-state index in [0.29, 0.717) is 0 Å². The number of benzene rings is 1. The molecule has 4 rings (SSSR count). The van der Waals surface area contributed by atoms with Gasteiger partial charge < -0.3 is 0 Å². The van der Waals surface area contributed by atoms with E-state index in [1.54, 1.807) is 35.4 Å². The Morgan fingerprint density at radius 3 is 2.81 bits per heavy atom. The van der Waals surface area contributed by atoms with E-state index in [2.05, 4.69) is 20.0 Å². The Hall–Kier alpha value is -2.75. The van der Waals surface area contributed by atoms with Crippen molar-refractivity contribution < 1.29 is 8.42 Å². The largest absolute Gasteiger partial charge is 0.285 e. The van der Waals surface area contributed by atoms with Crippen LogP contribution in [0.4, 0.5) is 0 Å². The number of aromatic amines is 1. The number of thiophene rings is 1. The Kier molecular flexibility index (Phi) is 4.41. The lowest BCUT2D eigenvalue weighted by Crippen LogP contribution is -2.23. The molecule has 3 aromatic heterocycles. The van der Waals surface area contributed by atoms with Crippen LogP contribution in [-0.4, -0.2) is 28.4 Å². The molecule has 0 spiro atoms. The number of sulfonamides is 1. The van der Waals surface area contributed by atoms with Gasteiger partial charge in [-0.15, -0.1) is 11.3 Å². The number of nitrogens with one attached hydrogen (secondary N) is 2. The monoisotopic (exact) mass is 385 g/mol. The van der Waals surface area contributed by atoms with Gasteiger partial charge in [0.05, 0.1) is 11.9 Å². The van der Waals surface area contributed by atoms with Gasteiger partial charge in [0.25, 0.3) is 0 Å². The average Bonchev–Trinajstić information content (AvgIpc) is 3.42. The summed E-state index contributed by atoms with van der Waals surface area (Å²) in [5, 5.41) is 10.8. The van der Waals surface area contributed by atoms with Crippen LogP contribution in [0.1, 0.15) is 5.56 Å². The minimum Gasteiger partial charge on any atom is -0.285 e. The molecule has 0 aliphatic carbocycles. The van der Waals surface area contributed by atoms with Gasteiger partial charge in [-0.25, -0.2) is 17.8 Å². The summed E-state index contributed by atoms with van der Waals surface area (Å²) in [7, 11) is -3.61. The quantitative estimate of drug-likeness (QED) is 0.534. The Labute approximate surface area is 154 Å². The second-order valence-electron chi connectivity index (χ2n) is 5.51. The first-order valence-electron chi connectivity index (χ1n) is 7.80. The standard InChI is InChI=1S/C17H15N5O2S2/c23-26(24,17-7-6-16(25-17)14-10-18-19-11-14)21-12-13-4-1-2-5-15(13)22-9-3-8-20-22/h1-11,21H,12H2,(H,18,19). The summed E-state index contributed by atoms with van der Waals surface area (Å²) in [6.45, 7) is 0.178. The zero-order valence-electron chi connectivity index (χ0n) is 13.5. The van der Waals surface area contributed by atoms with Gasteiger partial charge in [-0.3, -0.25) is 5.10 Å². The summed E-state index contributed by atoms with van der Waals surface area (Å²) in [5.41, 5.74) is 2.54. The van der Waals surface area contributed by atoms with Crippen LogP contribution in [0.3, 0.4) is 0 Å². The molecule has 0 fully saturated rings. The molecule has 0 unspecified atom stereocenters. The van der Waals surface area contributed by atoms with Crippen LogP contribution in [-0.2, 0) is 16.6 Å². The smallest absolute Gasteiger partial charge is 0.250 e. The predicted octanol–water partition coefficient (Wildman–Crippen LogP) is 2.80. The highest BCUT2D eigenvalue weighted by atomic mass is 32.2. The van der Waals surface area contributed by atoms with Crippen molar-refractivity contribution in [3.8, 4) is 16.1 Å². The highest BCUT2D eigenvalue weighted by Gasteiger charge is 2.18. The number of aromatic nitrogens is 4. The minimum absolute atomic E-state index is 0.178. The van der Waals surface area contributed by atoms with Gasteiger partial charge >= 0.3 is 0 Å². The Balaban J connectivity index is 1.55. The molecule has 26 heavy (non-hydrogen) atoms. The third-order valence-corrected chi connectivity index (χ3v) is 6.85. The van der Waals surface area contributed by atoms with Crippen LogP contribution in [0.5, 0.6) is 0 Å². The lowest BCUT2D eigenvalue weighted by molar-refractivity contribution is 0.583. The molecule has 7 nitrogen and oxygen atoms in total. The van der Waals surface area contributed by atoms with Gasteiger partial charge in [0, 0.05) is 35.6 Å². The lowest BCUT2D eigenvalue weighted by Gasteiger charge is -2.10. The number of H-pyrrole nitrogens is 1. The zero-order chi connectivity index (χ0) is 18.0. The van der Waals surface area contributed by atoms with Gasteiger partial charge in [0.1, 0.15) is 4.21 Å². The van der Waals surface area contributed by atoms with Crippen molar-refractivity contribution in [2.45, 2.75) is 10.8 Å². The van der Waals surface area contributed by atoms with Crippen LogP contribution in [0, 0.1) is 0 Å². The molecule has 3 heterocycles. The van der Waals surface area contributed by atoms with Crippen LogP contribution in [0.15, 0.2) is 71.5 Å². The van der Waals surface area contributed by atoms with Gasteiger partial charge in [-0.05, 0) is 29.8 Å². The van der Waals surface area contributed by atoms with Gasteiger partial charge in [0.2, 0.25) is 10.0 Å². The second-order valence-corrected chi connectivity index (χ2v) is 8.59. The SMILES string of the molecule is O=S(=O)(NCc1ccccc1-n1cccn1)c1ccc(-c2cn[nH]c2)s1. The number of para-hydroxylation sites is 1. The van der Waals surface area contributed by atoms with E-state index in [9.17, 15) is 8.42 Å². The molecule has 1 aromatic carbocycles. The van der Waals surface area contributed by atoms with Crippen LogP contribution in [0.25, 0.3) is 16.1 Å². The van der Waals surface area contributed by atoms with E-state index in [0.717, 1.165) is 21.7 Å². The number of hydrogen-bond donors (Lipinski definition) is 2. The molecule has 9 heteroatoms. The van der Waals surface area contributed by atoms with E-state index >= 15 is 0 Å². The first kappa shape index (κ1) is 16.7. The Morgan fingerprint density at radius 2 is 2.04 bits per heavy atom. The van der Waals surface area contributed by atoms with Gasteiger partial charge in [-0.2, -0.15) is 10.2 Å². The van der Waals surface area contributed by atoms with E-state index in [4.69, 9.17) is 0 Å². The third-order valence-electron chi connectivity index (χ3n) is 3.82. The molecule has 0 saturated heterocycles. The predicted molar refractivity (Wildman–Crippen MR) is 99.5 cm³/mol. The summed E-state index contributed by atoms with van der Waals surface area (Å²) in [6.07, 6.45) is 6.90. The first-order chi connectivity index (χ1) is 12.6. The number of rotatable bonds is 6. The summed E-state index contributed by atoms with van der Waals surface area (Å²) >= 11 is 1.21. The van der Waals surface area contributed by atoms with E-state index in [1.807, 2.05) is 36.5 Å². The highest BCUT2D eigenvalue weighted by molar-refractivity contribution is 7.91. The van der Waals surface area contributed by atoms with E-state index < -0.39 is 10.0 Å². The molecule has 2 N–H and O–H groups in total. The summed E-state index contributed by atoms with van der Waals surface area (Å²) < 4.78 is 29.9. The minimum atomic E-state index is -3.61. The summed E-state index contributed by atoms with van der Waals surface area (Å²) in [5.74, 6) is 0. The fourth-order valence-corrected chi connectivity index (χ4v) is 4.88. The van der Waals surface area contributed by atoms with E-state index in [-0.39, 0.29) is 10.8 Å². The molecular formula is C17H15N5O2S2. The van der Waals surface area contributed by atoms with Crippen molar-refractivity contribution in [2.75, 3.05) is 0 Å². The number of hydrogen-bond acceptors (Lipinski definition) is 5. The molecule has 4 aromatic rings. The molecule has 0 radical (unpaired) electrons. The first-order valence-corrected chi connectivity index (χ1v) is 10.1. The van der Waals surface area contributed by atoms with Crippen molar-refractivity contribution in [3.63, 3.8) is 0 Å². The molecule has 0 bridgehead atoms. The maximum absolute atomic E-state index is 12.6. The highest BCUT2D eigenvalue weighted by Crippen LogP contribution is 2.30. The van der Waals surface area contributed by atoms with Gasteiger partial charge in [-0.1, -0.05) is 18.2 Å². The molecule has 0 amide bonds. The summed E-state index contributed by atoms with van der Waals surface area (Å²) in [4.78, 5) is 0.844. The lowest BCUT2D eigenvalue weighted by atomic mass is 10.2. The Morgan fingerprint density at radius 1 is 1.15 bits per heavy atom. The molecule has 132 valence electrons. The van der Waals surface area contributed by atoms with E-state index in [1.165, 1.54) is 11.3 Å². The van der Waals surface area contributed by atoms with Crippen molar-refractivity contribution in [1.82, 2.24) is 24.7 Å². The fourth-order valence-electron chi connectivity index (χ4n) is 2.54. The van der Waals surface area contributed by atoms with Crippen LogP contribution < -0.4 is 4.72 Å². The topological polar surface area (TPSA) is 92.7 Å². The van der Waals surface area contributed by atoms with Gasteiger partial charge in [0.15, 0.2) is 0 Å². The molecule has 0 atom stereocenters. The molecular weight excluding hydrogens is 370 g/mol. The third kappa shape index (κ3) is 3.32. The zero-order valence-corrected chi connectivity index (χ0v) is 15.2. The second kappa shape index (κ2) is 6.87. The van der Waals surface area contributed by atoms with Crippen molar-refractivity contribution in [3.05, 3.63) is 72.8 Å². The van der Waals surface area contributed by atoms with Crippen LogP contribution >= 0.6 is 11.3 Å². The normalized spacial score (nSPS) is 11.7. The fraction of sp³-hybridized carbons (Fsp3) is 0.0588. The van der Waals surface area contributed by atoms with Crippen molar-refractivity contribution >= 4 is 21.4 Å².